The third-order valence-electron chi connectivity index (χ3n) is 4.14. The largest absolute Gasteiger partial charge is 0.494 e. The first-order chi connectivity index (χ1) is 11.6. The molecule has 1 amide bonds. The molecule has 0 saturated carbocycles. The molecule has 1 aliphatic heterocycles. The summed E-state index contributed by atoms with van der Waals surface area (Å²) in [6, 6.07) is 4.45. The maximum atomic E-state index is 13.9. The molecule has 128 valence electrons. The topological polar surface area (TPSA) is 68.5 Å². The van der Waals surface area contributed by atoms with Crippen molar-refractivity contribution in [2.45, 2.75) is 45.2 Å². The molecular weight excluding hydrogens is 313 g/mol. The molecule has 1 aliphatic rings. The van der Waals surface area contributed by atoms with E-state index in [4.69, 9.17) is 9.26 Å². The van der Waals surface area contributed by atoms with Gasteiger partial charge in [0.25, 0.3) is 0 Å². The van der Waals surface area contributed by atoms with E-state index in [2.05, 4.69) is 10.1 Å². The zero-order valence-electron chi connectivity index (χ0n) is 13.8. The van der Waals surface area contributed by atoms with E-state index in [1.165, 1.54) is 13.2 Å². The van der Waals surface area contributed by atoms with Crippen molar-refractivity contribution >= 4 is 5.91 Å². The number of hydrogen-bond acceptors (Lipinski definition) is 5. The summed E-state index contributed by atoms with van der Waals surface area (Å²) in [6.07, 6.45) is 2.73. The van der Waals surface area contributed by atoms with Crippen molar-refractivity contribution in [1.82, 2.24) is 15.0 Å². The molecule has 7 heteroatoms. The van der Waals surface area contributed by atoms with Crippen LogP contribution in [0.25, 0.3) is 0 Å². The highest BCUT2D eigenvalue weighted by Gasteiger charge is 2.35. The number of carbonyl (C=O) groups is 1. The van der Waals surface area contributed by atoms with Gasteiger partial charge >= 0.3 is 0 Å². The van der Waals surface area contributed by atoms with Gasteiger partial charge < -0.3 is 14.2 Å². The molecule has 24 heavy (non-hydrogen) atoms. The molecule has 0 spiro atoms. The van der Waals surface area contributed by atoms with Crippen molar-refractivity contribution in [2.24, 2.45) is 0 Å². The summed E-state index contributed by atoms with van der Waals surface area (Å²) >= 11 is 0. The van der Waals surface area contributed by atoms with Crippen molar-refractivity contribution in [3.05, 3.63) is 41.3 Å². The van der Waals surface area contributed by atoms with Gasteiger partial charge in [0.2, 0.25) is 11.8 Å². The fourth-order valence-electron chi connectivity index (χ4n) is 2.92. The molecule has 2 heterocycles. The molecule has 1 atom stereocenters. The Kier molecular flexibility index (Phi) is 4.78. The van der Waals surface area contributed by atoms with Gasteiger partial charge in [0, 0.05) is 19.4 Å². The van der Waals surface area contributed by atoms with Crippen molar-refractivity contribution in [2.75, 3.05) is 7.11 Å². The fourth-order valence-corrected chi connectivity index (χ4v) is 2.92. The third-order valence-corrected chi connectivity index (χ3v) is 4.14. The van der Waals surface area contributed by atoms with Gasteiger partial charge in [-0.15, -0.1) is 0 Å². The van der Waals surface area contributed by atoms with Crippen LogP contribution in [-0.2, 0) is 17.8 Å². The van der Waals surface area contributed by atoms with Gasteiger partial charge in [-0.2, -0.15) is 4.98 Å². The number of nitrogens with zero attached hydrogens (tertiary/aromatic N) is 3. The second-order valence-electron chi connectivity index (χ2n) is 5.84. The minimum absolute atomic E-state index is 0.00599. The zero-order chi connectivity index (χ0) is 17.1. The van der Waals surface area contributed by atoms with Gasteiger partial charge in [-0.05, 0) is 30.5 Å². The lowest BCUT2D eigenvalue weighted by Gasteiger charge is -2.22. The Morgan fingerprint density at radius 3 is 3.00 bits per heavy atom. The first-order valence-electron chi connectivity index (χ1n) is 8.06. The highest BCUT2D eigenvalue weighted by atomic mass is 19.1. The Labute approximate surface area is 139 Å². The van der Waals surface area contributed by atoms with Crippen LogP contribution in [0.4, 0.5) is 4.39 Å². The van der Waals surface area contributed by atoms with Crippen molar-refractivity contribution in [3.63, 3.8) is 0 Å². The average Bonchev–Trinajstić information content (AvgIpc) is 3.16. The summed E-state index contributed by atoms with van der Waals surface area (Å²) in [7, 11) is 1.42. The van der Waals surface area contributed by atoms with Crippen molar-refractivity contribution < 1.29 is 18.4 Å². The molecule has 6 nitrogen and oxygen atoms in total. The molecule has 1 aromatic heterocycles. The Balaban J connectivity index is 1.79. The van der Waals surface area contributed by atoms with E-state index >= 15 is 0 Å². The zero-order valence-corrected chi connectivity index (χ0v) is 13.8. The Morgan fingerprint density at radius 1 is 1.46 bits per heavy atom. The number of halogens is 1. The van der Waals surface area contributed by atoms with Crippen LogP contribution in [0.5, 0.6) is 5.75 Å². The minimum Gasteiger partial charge on any atom is -0.494 e. The Morgan fingerprint density at radius 2 is 2.29 bits per heavy atom. The molecular formula is C17H20FN3O3. The van der Waals surface area contributed by atoms with E-state index in [0.29, 0.717) is 36.7 Å². The number of rotatable bonds is 6. The van der Waals surface area contributed by atoms with Crippen LogP contribution in [0.2, 0.25) is 0 Å². The highest BCUT2D eigenvalue weighted by Crippen LogP contribution is 2.33. The number of aryl methyl sites for hydroxylation is 1. The number of methoxy groups -OCH3 is 1. The van der Waals surface area contributed by atoms with Crippen LogP contribution < -0.4 is 4.74 Å². The number of amides is 1. The first kappa shape index (κ1) is 16.4. The van der Waals surface area contributed by atoms with E-state index in [1.807, 2.05) is 6.92 Å². The van der Waals surface area contributed by atoms with E-state index in [-0.39, 0.29) is 17.7 Å². The normalized spacial score (nSPS) is 17.5. The highest BCUT2D eigenvalue weighted by molar-refractivity contribution is 5.78. The number of likely N-dealkylation sites (tertiary alicyclic amines) is 1. The second-order valence-corrected chi connectivity index (χ2v) is 5.84. The predicted molar refractivity (Wildman–Crippen MR) is 83.8 cm³/mol. The Hall–Kier alpha value is -2.44. The molecule has 0 N–H and O–H groups in total. The van der Waals surface area contributed by atoms with Crippen LogP contribution in [0.3, 0.4) is 0 Å². The molecule has 2 aromatic rings. The van der Waals surface area contributed by atoms with Crippen molar-refractivity contribution in [1.29, 1.82) is 0 Å². The summed E-state index contributed by atoms with van der Waals surface area (Å²) in [5.41, 5.74) is 0.696. The molecule has 0 radical (unpaired) electrons. The maximum absolute atomic E-state index is 13.9. The van der Waals surface area contributed by atoms with Gasteiger partial charge in [-0.1, -0.05) is 18.1 Å². The number of benzene rings is 1. The van der Waals surface area contributed by atoms with Crippen molar-refractivity contribution in [3.8, 4) is 5.75 Å². The second kappa shape index (κ2) is 6.98. The first-order valence-corrected chi connectivity index (χ1v) is 8.06. The lowest BCUT2D eigenvalue weighted by Crippen LogP contribution is -2.27. The lowest BCUT2D eigenvalue weighted by molar-refractivity contribution is -0.130. The molecule has 1 saturated heterocycles. The van der Waals surface area contributed by atoms with Gasteiger partial charge in [0.05, 0.1) is 7.11 Å². The van der Waals surface area contributed by atoms with E-state index < -0.39 is 5.82 Å². The molecule has 1 aromatic carbocycles. The molecule has 0 aliphatic carbocycles. The quantitative estimate of drug-likeness (QED) is 0.813. The summed E-state index contributed by atoms with van der Waals surface area (Å²) < 4.78 is 24.1. The maximum Gasteiger partial charge on any atom is 0.249 e. The van der Waals surface area contributed by atoms with E-state index in [9.17, 15) is 9.18 Å². The Bertz CT molecular complexity index is 732. The van der Waals surface area contributed by atoms with Crippen LogP contribution in [-0.4, -0.2) is 28.1 Å². The number of hydrogen-bond donors (Lipinski definition) is 0. The molecule has 3 rings (SSSR count). The predicted octanol–water partition coefficient (Wildman–Crippen LogP) is 3.03. The lowest BCUT2D eigenvalue weighted by atomic mass is 10.1. The number of aromatic nitrogens is 2. The van der Waals surface area contributed by atoms with Gasteiger partial charge in [-0.3, -0.25) is 4.79 Å². The summed E-state index contributed by atoms with van der Waals surface area (Å²) in [4.78, 5) is 18.3. The fraction of sp³-hybridized carbons (Fsp3) is 0.471. The van der Waals surface area contributed by atoms with E-state index in [1.54, 1.807) is 17.0 Å². The van der Waals surface area contributed by atoms with Crippen LogP contribution in [0, 0.1) is 5.82 Å². The summed E-state index contributed by atoms with van der Waals surface area (Å²) in [6.45, 7) is 2.34. The van der Waals surface area contributed by atoms with Crippen LogP contribution in [0.1, 0.15) is 49.5 Å². The minimum atomic E-state index is -0.443. The van der Waals surface area contributed by atoms with Crippen LogP contribution >= 0.6 is 0 Å². The van der Waals surface area contributed by atoms with E-state index in [0.717, 1.165) is 12.8 Å². The van der Waals surface area contributed by atoms with Gasteiger partial charge in [0.15, 0.2) is 17.4 Å². The monoisotopic (exact) mass is 333 g/mol. The smallest absolute Gasteiger partial charge is 0.249 e. The summed E-state index contributed by atoms with van der Waals surface area (Å²) in [5.74, 6) is 0.859. The number of ether oxygens (including phenoxy) is 1. The summed E-state index contributed by atoms with van der Waals surface area (Å²) in [5, 5.41) is 3.95. The van der Waals surface area contributed by atoms with Gasteiger partial charge in [0.1, 0.15) is 6.04 Å². The molecule has 0 bridgehead atoms. The standard InChI is InChI=1S/C17H20FN3O3/c1-3-4-15-19-17(24-20-15)13-6-8-16(22)21(13)10-11-5-7-14(23-2)12(18)9-11/h5,7,9,13H,3-4,6,8,10H2,1-2H3. The van der Waals surface area contributed by atoms with Gasteiger partial charge in [-0.25, -0.2) is 4.39 Å². The molecule has 1 unspecified atom stereocenters. The number of carbonyl (C=O) groups excluding carboxylic acids is 1. The van der Waals surface area contributed by atoms with Crippen LogP contribution in [0.15, 0.2) is 22.7 Å². The average molecular weight is 333 g/mol. The third kappa shape index (κ3) is 3.25. The SMILES string of the molecule is CCCc1noc(C2CCC(=O)N2Cc2ccc(OC)c(F)c2)n1. The molecule has 1 fully saturated rings.